The minimum Gasteiger partial charge on any atom is -0.497 e. The third-order valence-corrected chi connectivity index (χ3v) is 4.35. The van der Waals surface area contributed by atoms with Gasteiger partial charge < -0.3 is 14.6 Å². The second kappa shape index (κ2) is 7.08. The predicted molar refractivity (Wildman–Crippen MR) is 97.5 cm³/mol. The minimum absolute atomic E-state index is 0.00204. The standard InChI is InChI=1S/C18H16F3N7O/c1-27-9-8-22-16(27)15(11-4-3-5-12(10-11)29-2)23-13-6-7-14-24-25-17(18(19,20)21)28(14)26-13/h3-10,15H,1-2H3,(H,23,26). The number of ether oxygens (including phenoxy) is 1. The molecule has 0 fully saturated rings. The summed E-state index contributed by atoms with van der Waals surface area (Å²) in [6, 6.07) is 9.79. The van der Waals surface area contributed by atoms with Crippen molar-refractivity contribution in [1.82, 2.24) is 29.4 Å². The van der Waals surface area contributed by atoms with Crippen molar-refractivity contribution >= 4 is 11.5 Å². The monoisotopic (exact) mass is 403 g/mol. The quantitative estimate of drug-likeness (QED) is 0.552. The maximum Gasteiger partial charge on any atom is 0.453 e. The Labute approximate surface area is 163 Å². The highest BCUT2D eigenvalue weighted by molar-refractivity contribution is 5.47. The number of halogens is 3. The van der Waals surface area contributed by atoms with Crippen LogP contribution in [0.5, 0.6) is 5.75 Å². The normalized spacial score (nSPS) is 12.9. The van der Waals surface area contributed by atoms with E-state index < -0.39 is 18.0 Å². The van der Waals surface area contributed by atoms with Crippen molar-refractivity contribution in [1.29, 1.82) is 0 Å². The zero-order valence-electron chi connectivity index (χ0n) is 15.4. The van der Waals surface area contributed by atoms with E-state index in [1.165, 1.54) is 6.07 Å². The summed E-state index contributed by atoms with van der Waals surface area (Å²) >= 11 is 0. The Balaban J connectivity index is 1.77. The van der Waals surface area contributed by atoms with Gasteiger partial charge in [0.2, 0.25) is 0 Å². The molecule has 0 saturated carbocycles. The van der Waals surface area contributed by atoms with Gasteiger partial charge in [-0.3, -0.25) is 0 Å². The maximum absolute atomic E-state index is 13.2. The zero-order chi connectivity index (χ0) is 20.6. The molecule has 0 aliphatic carbocycles. The van der Waals surface area contributed by atoms with E-state index in [0.29, 0.717) is 16.1 Å². The van der Waals surface area contributed by atoms with Gasteiger partial charge in [-0.25, -0.2) is 4.98 Å². The lowest BCUT2D eigenvalue weighted by Crippen LogP contribution is -2.19. The maximum atomic E-state index is 13.2. The molecule has 150 valence electrons. The molecule has 3 heterocycles. The van der Waals surface area contributed by atoms with Crippen LogP contribution in [-0.4, -0.2) is 36.5 Å². The summed E-state index contributed by atoms with van der Waals surface area (Å²) in [5, 5.41) is 13.9. The molecule has 0 amide bonds. The van der Waals surface area contributed by atoms with Crippen LogP contribution in [0.3, 0.4) is 0 Å². The highest BCUT2D eigenvalue weighted by Crippen LogP contribution is 2.29. The fourth-order valence-electron chi connectivity index (χ4n) is 2.96. The van der Waals surface area contributed by atoms with Gasteiger partial charge in [0.05, 0.1) is 7.11 Å². The number of anilines is 1. The first kappa shape index (κ1) is 18.7. The van der Waals surface area contributed by atoms with Crippen molar-refractivity contribution in [3.63, 3.8) is 0 Å². The van der Waals surface area contributed by atoms with Gasteiger partial charge in [-0.1, -0.05) is 12.1 Å². The average Bonchev–Trinajstić information content (AvgIpc) is 3.31. The van der Waals surface area contributed by atoms with Crippen molar-refractivity contribution in [2.75, 3.05) is 12.4 Å². The van der Waals surface area contributed by atoms with Gasteiger partial charge in [0.1, 0.15) is 23.4 Å². The summed E-state index contributed by atoms with van der Waals surface area (Å²) in [5.74, 6) is 0.315. The lowest BCUT2D eigenvalue weighted by molar-refractivity contribution is -0.146. The molecule has 8 nitrogen and oxygen atoms in total. The third kappa shape index (κ3) is 3.58. The van der Waals surface area contributed by atoms with Gasteiger partial charge in [0, 0.05) is 19.4 Å². The number of methoxy groups -OCH3 is 1. The molecule has 0 aliphatic rings. The van der Waals surface area contributed by atoms with E-state index in [4.69, 9.17) is 4.74 Å². The van der Waals surface area contributed by atoms with Crippen LogP contribution in [0.1, 0.15) is 23.3 Å². The van der Waals surface area contributed by atoms with Crippen molar-refractivity contribution in [3.8, 4) is 5.75 Å². The van der Waals surface area contributed by atoms with E-state index in [2.05, 4.69) is 25.6 Å². The number of imidazole rings is 1. The Morgan fingerprint density at radius 3 is 2.66 bits per heavy atom. The highest BCUT2D eigenvalue weighted by atomic mass is 19.4. The lowest BCUT2D eigenvalue weighted by Gasteiger charge is -2.20. The van der Waals surface area contributed by atoms with E-state index in [9.17, 15) is 13.2 Å². The third-order valence-electron chi connectivity index (χ3n) is 4.35. The summed E-state index contributed by atoms with van der Waals surface area (Å²) in [7, 11) is 3.39. The van der Waals surface area contributed by atoms with E-state index in [-0.39, 0.29) is 11.5 Å². The van der Waals surface area contributed by atoms with Crippen LogP contribution >= 0.6 is 0 Å². The minimum atomic E-state index is -4.67. The van der Waals surface area contributed by atoms with Crippen LogP contribution in [0.15, 0.2) is 48.8 Å². The number of nitrogens with one attached hydrogen (secondary N) is 1. The van der Waals surface area contributed by atoms with Gasteiger partial charge in [0.15, 0.2) is 5.65 Å². The van der Waals surface area contributed by atoms with Crippen molar-refractivity contribution in [3.05, 3.63) is 66.0 Å². The number of fused-ring (bicyclic) bond motifs is 1. The molecule has 11 heteroatoms. The van der Waals surface area contributed by atoms with Gasteiger partial charge in [-0.2, -0.15) is 17.7 Å². The van der Waals surface area contributed by atoms with Crippen molar-refractivity contribution < 1.29 is 17.9 Å². The van der Waals surface area contributed by atoms with Gasteiger partial charge >= 0.3 is 6.18 Å². The summed E-state index contributed by atoms with van der Waals surface area (Å²) < 4.78 is 47.2. The van der Waals surface area contributed by atoms with Crippen LogP contribution in [-0.2, 0) is 13.2 Å². The number of aryl methyl sites for hydroxylation is 1. The number of benzene rings is 1. The first-order valence-electron chi connectivity index (χ1n) is 8.54. The molecule has 29 heavy (non-hydrogen) atoms. The first-order chi connectivity index (χ1) is 13.9. The number of aromatic nitrogens is 6. The molecule has 1 N–H and O–H groups in total. The Bertz CT molecular complexity index is 1150. The fraction of sp³-hybridized carbons (Fsp3) is 0.222. The molecule has 0 aliphatic heterocycles. The number of nitrogens with zero attached hydrogens (tertiary/aromatic N) is 6. The van der Waals surface area contributed by atoms with Crippen LogP contribution in [0.25, 0.3) is 5.65 Å². The molecule has 0 saturated heterocycles. The zero-order valence-corrected chi connectivity index (χ0v) is 15.4. The molecule has 1 aromatic carbocycles. The number of hydrogen-bond donors (Lipinski definition) is 1. The second-order valence-electron chi connectivity index (χ2n) is 6.26. The summed E-state index contributed by atoms with van der Waals surface area (Å²) in [5.41, 5.74) is 0.804. The Morgan fingerprint density at radius 2 is 1.97 bits per heavy atom. The largest absolute Gasteiger partial charge is 0.497 e. The van der Waals surface area contributed by atoms with Crippen LogP contribution in [0, 0.1) is 0 Å². The van der Waals surface area contributed by atoms with Crippen molar-refractivity contribution in [2.24, 2.45) is 7.05 Å². The van der Waals surface area contributed by atoms with Crippen molar-refractivity contribution in [2.45, 2.75) is 12.2 Å². The summed E-state index contributed by atoms with van der Waals surface area (Å²) in [6.45, 7) is 0. The molecule has 3 aromatic heterocycles. The SMILES string of the molecule is COc1cccc(C(Nc2ccc3nnc(C(F)(F)F)n3n2)c2nccn2C)c1. The Kier molecular flexibility index (Phi) is 4.57. The number of rotatable bonds is 5. The number of hydrogen-bond acceptors (Lipinski definition) is 6. The van der Waals surface area contributed by atoms with E-state index in [0.717, 1.165) is 5.56 Å². The van der Waals surface area contributed by atoms with Gasteiger partial charge in [-0.15, -0.1) is 15.3 Å². The summed E-state index contributed by atoms with van der Waals surface area (Å²) in [6.07, 6.45) is -1.25. The van der Waals surface area contributed by atoms with Crippen LogP contribution < -0.4 is 10.1 Å². The molecule has 1 atom stereocenters. The Morgan fingerprint density at radius 1 is 1.14 bits per heavy atom. The molecule has 4 aromatic rings. The fourth-order valence-corrected chi connectivity index (χ4v) is 2.96. The second-order valence-corrected chi connectivity index (χ2v) is 6.26. The predicted octanol–water partition coefficient (Wildman–Crippen LogP) is 3.09. The lowest BCUT2D eigenvalue weighted by atomic mass is 10.1. The van der Waals surface area contributed by atoms with E-state index in [1.807, 2.05) is 29.8 Å². The van der Waals surface area contributed by atoms with Gasteiger partial charge in [0.25, 0.3) is 5.82 Å². The average molecular weight is 403 g/mol. The molecular weight excluding hydrogens is 387 g/mol. The highest BCUT2D eigenvalue weighted by Gasteiger charge is 2.37. The first-order valence-corrected chi connectivity index (χ1v) is 8.54. The molecule has 0 radical (unpaired) electrons. The Hall–Kier alpha value is -3.63. The smallest absolute Gasteiger partial charge is 0.453 e. The molecular formula is C18H16F3N7O. The van der Waals surface area contributed by atoms with E-state index >= 15 is 0 Å². The van der Waals surface area contributed by atoms with E-state index in [1.54, 1.807) is 31.6 Å². The summed E-state index contributed by atoms with van der Waals surface area (Å²) in [4.78, 5) is 4.37. The number of alkyl halides is 3. The topological polar surface area (TPSA) is 82.2 Å². The van der Waals surface area contributed by atoms with Crippen LogP contribution in [0.2, 0.25) is 0 Å². The molecule has 4 rings (SSSR count). The molecule has 1 unspecified atom stereocenters. The molecule has 0 bridgehead atoms. The van der Waals surface area contributed by atoms with Gasteiger partial charge in [-0.05, 0) is 29.8 Å². The van der Waals surface area contributed by atoms with Crippen LogP contribution in [0.4, 0.5) is 19.0 Å². The molecule has 0 spiro atoms.